The molecule has 6 nitrogen and oxygen atoms in total. The van der Waals surface area contributed by atoms with Gasteiger partial charge < -0.3 is 15.4 Å². The van der Waals surface area contributed by atoms with E-state index in [2.05, 4.69) is 10.6 Å². The third-order valence-corrected chi connectivity index (χ3v) is 4.86. The van der Waals surface area contributed by atoms with Gasteiger partial charge in [0.15, 0.2) is 0 Å². The molecule has 0 aliphatic rings. The van der Waals surface area contributed by atoms with Gasteiger partial charge in [0.1, 0.15) is 5.75 Å². The molecule has 2 rings (SSSR count). The van der Waals surface area contributed by atoms with Gasteiger partial charge in [0.2, 0.25) is 11.8 Å². The van der Waals surface area contributed by atoms with Crippen LogP contribution in [0.1, 0.15) is 6.92 Å². The molecule has 0 bridgehead atoms. The number of nitrogens with one attached hydrogen (secondary N) is 2. The number of methoxy groups -OCH3 is 1. The van der Waals surface area contributed by atoms with E-state index in [0.717, 1.165) is 0 Å². The number of carbonyl (C=O) groups excluding carboxylic acids is 2. The fraction of sp³-hybridized carbons (Fsp3) is 0.263. The second-order valence-electron chi connectivity index (χ2n) is 6.10. The molecule has 28 heavy (non-hydrogen) atoms. The number of nitrogens with zero attached hydrogens (tertiary/aromatic N) is 1. The van der Waals surface area contributed by atoms with Crippen LogP contribution in [0.3, 0.4) is 0 Å². The average Bonchev–Trinajstić information content (AvgIpc) is 2.64. The predicted octanol–water partition coefficient (Wildman–Crippen LogP) is 4.55. The van der Waals surface area contributed by atoms with Crippen LogP contribution in [0.5, 0.6) is 5.75 Å². The maximum atomic E-state index is 12.5. The Morgan fingerprint density at radius 3 is 2.29 bits per heavy atom. The molecule has 0 saturated heterocycles. The van der Waals surface area contributed by atoms with E-state index in [1.54, 1.807) is 55.3 Å². The summed E-state index contributed by atoms with van der Waals surface area (Å²) in [7, 11) is 3.16. The summed E-state index contributed by atoms with van der Waals surface area (Å²) in [6.45, 7) is 1.66. The molecule has 9 heteroatoms. The van der Waals surface area contributed by atoms with E-state index >= 15 is 0 Å². The first-order chi connectivity index (χ1) is 13.2. The molecular weight excluding hydrogens is 425 g/mol. The quantitative estimate of drug-likeness (QED) is 0.657. The standard InChI is InChI=1S/C19H20Cl3N3O3/c1-11(19(27)24-15-8-12(20)4-6-14(15)22)25(2)10-18(26)23-16-9-13(21)5-7-17(16)28-3/h4-9,11H,10H2,1-3H3,(H,23,26)(H,24,27). The van der Waals surface area contributed by atoms with Crippen LogP contribution in [-0.4, -0.2) is 43.5 Å². The molecular formula is C19H20Cl3N3O3. The molecule has 2 aromatic rings. The van der Waals surface area contributed by atoms with Gasteiger partial charge in [-0.15, -0.1) is 0 Å². The molecule has 0 heterocycles. The predicted molar refractivity (Wildman–Crippen MR) is 114 cm³/mol. The van der Waals surface area contributed by atoms with Crippen molar-refractivity contribution in [3.05, 3.63) is 51.5 Å². The molecule has 0 aromatic heterocycles. The molecule has 0 aliphatic carbocycles. The van der Waals surface area contributed by atoms with Gasteiger partial charge in [0.25, 0.3) is 0 Å². The van der Waals surface area contributed by atoms with E-state index in [0.29, 0.717) is 32.2 Å². The van der Waals surface area contributed by atoms with Gasteiger partial charge in [-0.2, -0.15) is 0 Å². The van der Waals surface area contributed by atoms with Crippen molar-refractivity contribution < 1.29 is 14.3 Å². The molecule has 0 spiro atoms. The molecule has 0 saturated carbocycles. The zero-order chi connectivity index (χ0) is 20.8. The molecule has 0 radical (unpaired) electrons. The van der Waals surface area contributed by atoms with Gasteiger partial charge >= 0.3 is 0 Å². The van der Waals surface area contributed by atoms with Crippen molar-refractivity contribution >= 4 is 58.0 Å². The van der Waals surface area contributed by atoms with Gasteiger partial charge in [-0.1, -0.05) is 34.8 Å². The van der Waals surface area contributed by atoms with E-state index in [1.807, 2.05) is 0 Å². The zero-order valence-corrected chi connectivity index (χ0v) is 17.8. The number of amides is 2. The molecule has 2 aromatic carbocycles. The molecule has 2 N–H and O–H groups in total. The minimum Gasteiger partial charge on any atom is -0.495 e. The van der Waals surface area contributed by atoms with Gasteiger partial charge in [0, 0.05) is 10.0 Å². The van der Waals surface area contributed by atoms with Crippen LogP contribution in [0, 0.1) is 0 Å². The zero-order valence-electron chi connectivity index (χ0n) is 15.6. The maximum absolute atomic E-state index is 12.5. The van der Waals surface area contributed by atoms with E-state index in [1.165, 1.54) is 7.11 Å². The van der Waals surface area contributed by atoms with Crippen molar-refractivity contribution in [2.75, 3.05) is 31.3 Å². The first-order valence-electron chi connectivity index (χ1n) is 8.30. The number of benzene rings is 2. The summed E-state index contributed by atoms with van der Waals surface area (Å²) in [5, 5.41) is 6.74. The summed E-state index contributed by atoms with van der Waals surface area (Å²) in [5.74, 6) is -0.148. The van der Waals surface area contributed by atoms with Crippen molar-refractivity contribution in [3.8, 4) is 5.75 Å². The Morgan fingerprint density at radius 1 is 1.04 bits per heavy atom. The average molecular weight is 445 g/mol. The number of carbonyl (C=O) groups is 2. The second kappa shape index (κ2) is 9.98. The number of anilines is 2. The van der Waals surface area contributed by atoms with Gasteiger partial charge in [-0.05, 0) is 50.4 Å². The Labute approximate surface area is 178 Å². The monoisotopic (exact) mass is 443 g/mol. The number of rotatable bonds is 7. The smallest absolute Gasteiger partial charge is 0.241 e. The van der Waals surface area contributed by atoms with Crippen LogP contribution in [0.15, 0.2) is 36.4 Å². The third-order valence-electron chi connectivity index (χ3n) is 4.06. The van der Waals surface area contributed by atoms with E-state index in [9.17, 15) is 9.59 Å². The lowest BCUT2D eigenvalue weighted by molar-refractivity contribution is -0.122. The van der Waals surface area contributed by atoms with Crippen molar-refractivity contribution in [1.29, 1.82) is 0 Å². The highest BCUT2D eigenvalue weighted by molar-refractivity contribution is 6.35. The molecule has 1 atom stereocenters. The summed E-state index contributed by atoms with van der Waals surface area (Å²) in [5.41, 5.74) is 0.865. The fourth-order valence-electron chi connectivity index (χ4n) is 2.36. The molecule has 0 fully saturated rings. The Balaban J connectivity index is 1.98. The minimum atomic E-state index is -0.595. The normalized spacial score (nSPS) is 11.8. The molecule has 150 valence electrons. The Kier molecular flexibility index (Phi) is 7.95. The lowest BCUT2D eigenvalue weighted by Crippen LogP contribution is -2.43. The highest BCUT2D eigenvalue weighted by Crippen LogP contribution is 2.28. The van der Waals surface area contributed by atoms with E-state index in [4.69, 9.17) is 39.5 Å². The van der Waals surface area contributed by atoms with Crippen molar-refractivity contribution in [3.63, 3.8) is 0 Å². The first-order valence-corrected chi connectivity index (χ1v) is 9.44. The molecule has 0 aliphatic heterocycles. The SMILES string of the molecule is COc1ccc(Cl)cc1NC(=O)CN(C)C(C)C(=O)Nc1cc(Cl)ccc1Cl. The summed E-state index contributed by atoms with van der Waals surface area (Å²) in [6, 6.07) is 9.11. The van der Waals surface area contributed by atoms with E-state index < -0.39 is 6.04 Å². The van der Waals surface area contributed by atoms with Crippen LogP contribution in [0.2, 0.25) is 15.1 Å². The van der Waals surface area contributed by atoms with Crippen LogP contribution in [-0.2, 0) is 9.59 Å². The van der Waals surface area contributed by atoms with Crippen molar-refractivity contribution in [1.82, 2.24) is 4.90 Å². The summed E-state index contributed by atoms with van der Waals surface area (Å²) < 4.78 is 5.20. The third kappa shape index (κ3) is 6.01. The summed E-state index contributed by atoms with van der Waals surface area (Å²) >= 11 is 18.0. The number of hydrogen-bond donors (Lipinski definition) is 2. The van der Waals surface area contributed by atoms with Crippen LogP contribution >= 0.6 is 34.8 Å². The van der Waals surface area contributed by atoms with Crippen LogP contribution in [0.25, 0.3) is 0 Å². The highest BCUT2D eigenvalue weighted by atomic mass is 35.5. The van der Waals surface area contributed by atoms with Crippen molar-refractivity contribution in [2.45, 2.75) is 13.0 Å². The minimum absolute atomic E-state index is 0.0203. The lowest BCUT2D eigenvalue weighted by atomic mass is 10.2. The number of halogens is 3. The Bertz CT molecular complexity index is 877. The largest absolute Gasteiger partial charge is 0.495 e. The van der Waals surface area contributed by atoms with Gasteiger partial charge in [-0.3, -0.25) is 14.5 Å². The number of hydrogen-bond acceptors (Lipinski definition) is 4. The molecule has 1 unspecified atom stereocenters. The summed E-state index contributed by atoms with van der Waals surface area (Å²) in [6.07, 6.45) is 0. The summed E-state index contributed by atoms with van der Waals surface area (Å²) in [4.78, 5) is 26.4. The van der Waals surface area contributed by atoms with Crippen LogP contribution < -0.4 is 15.4 Å². The molecule has 2 amide bonds. The van der Waals surface area contributed by atoms with E-state index in [-0.39, 0.29) is 18.4 Å². The van der Waals surface area contributed by atoms with Crippen molar-refractivity contribution in [2.24, 2.45) is 0 Å². The number of likely N-dealkylation sites (N-methyl/N-ethyl adjacent to an activating group) is 1. The fourth-order valence-corrected chi connectivity index (χ4v) is 2.87. The van der Waals surface area contributed by atoms with Gasteiger partial charge in [0.05, 0.1) is 36.1 Å². The Morgan fingerprint density at radius 2 is 1.64 bits per heavy atom. The second-order valence-corrected chi connectivity index (χ2v) is 7.38. The lowest BCUT2D eigenvalue weighted by Gasteiger charge is -2.23. The first kappa shape index (κ1) is 22.3. The number of ether oxygens (including phenoxy) is 1. The topological polar surface area (TPSA) is 70.7 Å². The maximum Gasteiger partial charge on any atom is 0.241 e. The van der Waals surface area contributed by atoms with Gasteiger partial charge in [-0.25, -0.2) is 0 Å². The van der Waals surface area contributed by atoms with Crippen LogP contribution in [0.4, 0.5) is 11.4 Å². The highest BCUT2D eigenvalue weighted by Gasteiger charge is 2.21. The Hall–Kier alpha value is -1.99.